The van der Waals surface area contributed by atoms with Crippen molar-refractivity contribution in [2.45, 2.75) is 117 Å². The average molecular weight is 507 g/mol. The predicted octanol–water partition coefficient (Wildman–Crippen LogP) is 6.99. The molecule has 0 atom stereocenters. The van der Waals surface area contributed by atoms with E-state index in [0.29, 0.717) is 25.0 Å². The molecule has 2 amide bonds. The van der Waals surface area contributed by atoms with Crippen LogP contribution in [0.5, 0.6) is 5.75 Å². The normalized spacial score (nSPS) is 15.8. The molecule has 202 valence electrons. The van der Waals surface area contributed by atoms with Gasteiger partial charge in [0.25, 0.3) is 0 Å². The van der Waals surface area contributed by atoms with E-state index < -0.39 is 5.54 Å². The number of aromatic hydroxyl groups is 1. The molecule has 3 N–H and O–H groups in total. The third-order valence-electron chi connectivity index (χ3n) is 7.67. The fourth-order valence-electron chi connectivity index (χ4n) is 5.38. The molecule has 5 nitrogen and oxygen atoms in total. The third-order valence-corrected chi connectivity index (χ3v) is 7.67. The molecule has 0 saturated heterocycles. The Hall–Kier alpha value is -2.82. The number of carbonyl (C=O) groups is 2. The van der Waals surface area contributed by atoms with Crippen molar-refractivity contribution in [1.82, 2.24) is 5.32 Å². The van der Waals surface area contributed by atoms with Gasteiger partial charge in [0.2, 0.25) is 11.8 Å². The van der Waals surface area contributed by atoms with Crippen LogP contribution >= 0.6 is 0 Å². The number of rotatable bonds is 6. The van der Waals surface area contributed by atoms with Crippen LogP contribution in [0.2, 0.25) is 0 Å². The van der Waals surface area contributed by atoms with Crippen LogP contribution in [0, 0.1) is 13.8 Å². The largest absolute Gasteiger partial charge is 0.507 e. The Labute approximate surface area is 223 Å². The summed E-state index contributed by atoms with van der Waals surface area (Å²) >= 11 is 0. The quantitative estimate of drug-likeness (QED) is 0.395. The summed E-state index contributed by atoms with van der Waals surface area (Å²) in [6, 6.07) is 10.0. The van der Waals surface area contributed by atoms with Crippen molar-refractivity contribution in [3.05, 3.63) is 58.1 Å². The number of phenolic OH excluding ortho intramolecular Hbond substituents is 1. The second-order valence-corrected chi connectivity index (χ2v) is 13.0. The second kappa shape index (κ2) is 10.9. The molecule has 0 spiro atoms. The number of nitrogens with one attached hydrogen (secondary N) is 2. The molecule has 0 aromatic heterocycles. The number of para-hydroxylation sites is 1. The Balaban J connectivity index is 1.80. The topological polar surface area (TPSA) is 78.4 Å². The van der Waals surface area contributed by atoms with Crippen molar-refractivity contribution >= 4 is 17.5 Å². The standard InChI is InChI=1S/C32H46N2O3/c1-21-13-12-14-22(2)27(21)33-29(37)32(17-10-9-11-18-32)34-26(35)16-15-23-19-24(30(3,4)5)28(36)25(20-23)31(6,7)8/h12-14,19-20,36H,9-11,15-18H2,1-8H3,(H,33,37)(H,34,35). The molecule has 5 heteroatoms. The van der Waals surface area contributed by atoms with E-state index in [9.17, 15) is 14.7 Å². The summed E-state index contributed by atoms with van der Waals surface area (Å²) in [5, 5.41) is 17.3. The van der Waals surface area contributed by atoms with Gasteiger partial charge in [-0.25, -0.2) is 0 Å². The molecule has 0 bridgehead atoms. The molecule has 0 radical (unpaired) electrons. The van der Waals surface area contributed by atoms with Crippen molar-refractivity contribution in [2.75, 3.05) is 5.32 Å². The second-order valence-electron chi connectivity index (χ2n) is 13.0. The van der Waals surface area contributed by atoms with Crippen molar-refractivity contribution in [3.8, 4) is 5.75 Å². The van der Waals surface area contributed by atoms with Crippen LogP contribution in [0.1, 0.15) is 108 Å². The molecule has 0 unspecified atom stereocenters. The smallest absolute Gasteiger partial charge is 0.250 e. The molecule has 1 aliphatic carbocycles. The third kappa shape index (κ3) is 6.74. The Morgan fingerprint density at radius 2 is 1.41 bits per heavy atom. The van der Waals surface area contributed by atoms with Crippen molar-refractivity contribution < 1.29 is 14.7 Å². The minimum Gasteiger partial charge on any atom is -0.507 e. The average Bonchev–Trinajstić information content (AvgIpc) is 2.79. The molecular formula is C32H46N2O3. The number of hydrogen-bond donors (Lipinski definition) is 3. The van der Waals surface area contributed by atoms with Crippen LogP contribution in [0.4, 0.5) is 5.69 Å². The van der Waals surface area contributed by atoms with E-state index in [0.717, 1.165) is 52.8 Å². The fourth-order valence-corrected chi connectivity index (χ4v) is 5.38. The molecule has 2 aromatic rings. The van der Waals surface area contributed by atoms with Crippen LogP contribution < -0.4 is 10.6 Å². The maximum absolute atomic E-state index is 13.6. The summed E-state index contributed by atoms with van der Waals surface area (Å²) < 4.78 is 0. The molecule has 1 saturated carbocycles. The zero-order valence-electron chi connectivity index (χ0n) is 24.1. The van der Waals surface area contributed by atoms with E-state index >= 15 is 0 Å². The van der Waals surface area contributed by atoms with Gasteiger partial charge >= 0.3 is 0 Å². The number of carbonyl (C=O) groups excluding carboxylic acids is 2. The lowest BCUT2D eigenvalue weighted by Gasteiger charge is -2.37. The van der Waals surface area contributed by atoms with Gasteiger partial charge in [-0.15, -0.1) is 0 Å². The molecule has 0 heterocycles. The van der Waals surface area contributed by atoms with Gasteiger partial charge < -0.3 is 15.7 Å². The van der Waals surface area contributed by atoms with Gasteiger partial charge in [0.05, 0.1) is 0 Å². The molecule has 1 fully saturated rings. The van der Waals surface area contributed by atoms with E-state index in [1.54, 1.807) is 0 Å². The zero-order valence-corrected chi connectivity index (χ0v) is 24.1. The highest BCUT2D eigenvalue weighted by atomic mass is 16.3. The maximum atomic E-state index is 13.6. The first-order chi connectivity index (χ1) is 17.1. The molecule has 2 aromatic carbocycles. The number of anilines is 1. The van der Waals surface area contributed by atoms with E-state index in [1.165, 1.54) is 0 Å². The van der Waals surface area contributed by atoms with Crippen LogP contribution in [-0.4, -0.2) is 22.5 Å². The molecule has 1 aliphatic rings. The molecule has 0 aliphatic heterocycles. The monoisotopic (exact) mass is 506 g/mol. The minimum absolute atomic E-state index is 0.110. The van der Waals surface area contributed by atoms with Gasteiger partial charge in [0, 0.05) is 12.1 Å². The van der Waals surface area contributed by atoms with E-state index in [-0.39, 0.29) is 29.1 Å². The van der Waals surface area contributed by atoms with Gasteiger partial charge in [-0.2, -0.15) is 0 Å². The van der Waals surface area contributed by atoms with E-state index in [2.05, 4.69) is 52.2 Å². The summed E-state index contributed by atoms with van der Waals surface area (Å²) in [6.45, 7) is 16.5. The highest BCUT2D eigenvalue weighted by Crippen LogP contribution is 2.40. The highest BCUT2D eigenvalue weighted by Gasteiger charge is 2.41. The Morgan fingerprint density at radius 3 is 1.89 bits per heavy atom. The number of phenols is 1. The molecule has 3 rings (SSSR count). The zero-order chi connectivity index (χ0) is 27.6. The lowest BCUT2D eigenvalue weighted by molar-refractivity contribution is -0.131. The van der Waals surface area contributed by atoms with Crippen molar-refractivity contribution in [3.63, 3.8) is 0 Å². The summed E-state index contributed by atoms with van der Waals surface area (Å²) in [4.78, 5) is 26.9. The van der Waals surface area contributed by atoms with Gasteiger partial charge in [-0.05, 0) is 71.8 Å². The first-order valence-corrected chi connectivity index (χ1v) is 13.7. The first-order valence-electron chi connectivity index (χ1n) is 13.7. The van der Waals surface area contributed by atoms with Gasteiger partial charge in [-0.1, -0.05) is 91.1 Å². The Bertz CT molecular complexity index is 1090. The fraction of sp³-hybridized carbons (Fsp3) is 0.562. The van der Waals surface area contributed by atoms with Gasteiger partial charge in [0.1, 0.15) is 11.3 Å². The number of benzene rings is 2. The van der Waals surface area contributed by atoms with Crippen LogP contribution in [-0.2, 0) is 26.8 Å². The first kappa shape index (κ1) is 28.7. The van der Waals surface area contributed by atoms with Crippen molar-refractivity contribution in [1.29, 1.82) is 0 Å². The van der Waals surface area contributed by atoms with Gasteiger partial charge in [-0.3, -0.25) is 9.59 Å². The number of amides is 2. The van der Waals surface area contributed by atoms with E-state index in [4.69, 9.17) is 0 Å². The SMILES string of the molecule is Cc1cccc(C)c1NC(=O)C1(NC(=O)CCc2cc(C(C)(C)C)c(O)c(C(C)(C)C)c2)CCCCC1. The highest BCUT2D eigenvalue weighted by molar-refractivity contribution is 6.01. The van der Waals surface area contributed by atoms with Crippen LogP contribution in [0.25, 0.3) is 0 Å². The maximum Gasteiger partial charge on any atom is 0.250 e. The number of hydrogen-bond acceptors (Lipinski definition) is 3. The minimum atomic E-state index is -0.883. The summed E-state index contributed by atoms with van der Waals surface area (Å²) in [5.74, 6) is 0.117. The van der Waals surface area contributed by atoms with Gasteiger partial charge in [0.15, 0.2) is 0 Å². The number of aryl methyl sites for hydroxylation is 3. The van der Waals surface area contributed by atoms with E-state index in [1.807, 2.05) is 44.2 Å². The van der Waals surface area contributed by atoms with Crippen molar-refractivity contribution in [2.24, 2.45) is 0 Å². The Kier molecular flexibility index (Phi) is 8.46. The molecule has 37 heavy (non-hydrogen) atoms. The van der Waals surface area contributed by atoms with Crippen LogP contribution in [0.3, 0.4) is 0 Å². The van der Waals surface area contributed by atoms with Crippen LogP contribution in [0.15, 0.2) is 30.3 Å². The Morgan fingerprint density at radius 1 is 0.892 bits per heavy atom. The lowest BCUT2D eigenvalue weighted by Crippen LogP contribution is -2.58. The summed E-state index contributed by atoms with van der Waals surface area (Å²) in [7, 11) is 0. The lowest BCUT2D eigenvalue weighted by atomic mass is 9.78. The molecular weight excluding hydrogens is 460 g/mol. The summed E-state index contributed by atoms with van der Waals surface area (Å²) in [5.41, 5.74) is 4.36. The summed E-state index contributed by atoms with van der Waals surface area (Å²) in [6.07, 6.45) is 5.05. The predicted molar refractivity (Wildman–Crippen MR) is 152 cm³/mol.